The predicted molar refractivity (Wildman–Crippen MR) is 73.6 cm³/mol. The summed E-state index contributed by atoms with van der Waals surface area (Å²) in [6.45, 7) is 6.48. The molecule has 4 nitrogen and oxygen atoms in total. The van der Waals surface area contributed by atoms with Gasteiger partial charge in [0.25, 0.3) is 0 Å². The van der Waals surface area contributed by atoms with Gasteiger partial charge in [-0.3, -0.25) is 0 Å². The van der Waals surface area contributed by atoms with Crippen molar-refractivity contribution in [2.75, 3.05) is 6.61 Å². The standard InChI is InChI=1S/C15H19N2O2/c1-10-7-12-9-16-17(15-5-3-4-6-19-15)14(12)8-13(10)11(2)18/h7-9,11,15,18H,2-6H2,1H3. The normalized spacial score (nSPS) is 21.7. The molecule has 2 atom stereocenters. The zero-order valence-corrected chi connectivity index (χ0v) is 11.2. The highest BCUT2D eigenvalue weighted by Crippen LogP contribution is 2.29. The molecule has 1 aliphatic heterocycles. The van der Waals surface area contributed by atoms with Crippen LogP contribution in [-0.2, 0) is 4.74 Å². The fourth-order valence-electron chi connectivity index (χ4n) is 2.73. The summed E-state index contributed by atoms with van der Waals surface area (Å²) in [5.41, 5.74) is 2.90. The maximum Gasteiger partial charge on any atom is 0.150 e. The van der Waals surface area contributed by atoms with Crippen LogP contribution >= 0.6 is 0 Å². The Balaban J connectivity index is 2.08. The van der Waals surface area contributed by atoms with Crippen LogP contribution in [0.5, 0.6) is 0 Å². The second-order valence-electron chi connectivity index (χ2n) is 5.19. The molecule has 0 spiro atoms. The molecule has 2 unspecified atom stereocenters. The van der Waals surface area contributed by atoms with E-state index in [9.17, 15) is 5.11 Å². The molecule has 1 fully saturated rings. The molecule has 1 aromatic carbocycles. The number of fused-ring (bicyclic) bond motifs is 1. The highest BCUT2D eigenvalue weighted by atomic mass is 16.5. The topological polar surface area (TPSA) is 47.3 Å². The molecule has 1 radical (unpaired) electrons. The van der Waals surface area contributed by atoms with Gasteiger partial charge in [0.1, 0.15) is 0 Å². The van der Waals surface area contributed by atoms with Gasteiger partial charge in [-0.2, -0.15) is 5.10 Å². The first kappa shape index (κ1) is 12.6. The van der Waals surface area contributed by atoms with E-state index in [-0.39, 0.29) is 6.23 Å². The largest absolute Gasteiger partial charge is 0.388 e. The van der Waals surface area contributed by atoms with Crippen molar-refractivity contribution in [3.63, 3.8) is 0 Å². The van der Waals surface area contributed by atoms with E-state index in [0.29, 0.717) is 0 Å². The van der Waals surface area contributed by atoms with Crippen molar-refractivity contribution >= 4 is 10.9 Å². The van der Waals surface area contributed by atoms with Gasteiger partial charge in [0.05, 0.1) is 17.8 Å². The highest BCUT2D eigenvalue weighted by Gasteiger charge is 2.19. The number of hydrogen-bond donors (Lipinski definition) is 1. The Morgan fingerprint density at radius 1 is 1.47 bits per heavy atom. The number of hydrogen-bond acceptors (Lipinski definition) is 3. The van der Waals surface area contributed by atoms with E-state index in [4.69, 9.17) is 4.74 Å². The first-order valence-corrected chi connectivity index (χ1v) is 6.77. The number of benzene rings is 1. The van der Waals surface area contributed by atoms with Gasteiger partial charge in [-0.15, -0.1) is 0 Å². The van der Waals surface area contributed by atoms with Crippen LogP contribution in [0.3, 0.4) is 0 Å². The third-order valence-corrected chi connectivity index (χ3v) is 3.77. The van der Waals surface area contributed by atoms with Crippen LogP contribution in [0.25, 0.3) is 10.9 Å². The lowest BCUT2D eigenvalue weighted by Crippen LogP contribution is -2.19. The van der Waals surface area contributed by atoms with Crippen LogP contribution in [0.15, 0.2) is 18.3 Å². The van der Waals surface area contributed by atoms with Crippen LogP contribution in [0.2, 0.25) is 0 Å². The Morgan fingerprint density at radius 2 is 2.32 bits per heavy atom. The summed E-state index contributed by atoms with van der Waals surface area (Å²) in [6, 6.07) is 4.03. The lowest BCUT2D eigenvalue weighted by Gasteiger charge is -2.23. The number of aliphatic hydroxyl groups excluding tert-OH is 1. The average Bonchev–Trinajstić information content (AvgIpc) is 2.81. The van der Waals surface area contributed by atoms with E-state index in [2.05, 4.69) is 12.0 Å². The molecular weight excluding hydrogens is 240 g/mol. The van der Waals surface area contributed by atoms with E-state index in [1.165, 1.54) is 6.42 Å². The molecule has 2 aromatic rings. The van der Waals surface area contributed by atoms with Gasteiger partial charge in [-0.1, -0.05) is 0 Å². The predicted octanol–water partition coefficient (Wildman–Crippen LogP) is 2.91. The molecule has 1 aliphatic rings. The van der Waals surface area contributed by atoms with E-state index in [1.807, 2.05) is 29.9 Å². The molecule has 0 aliphatic carbocycles. The fourth-order valence-corrected chi connectivity index (χ4v) is 2.73. The van der Waals surface area contributed by atoms with Crippen molar-refractivity contribution in [3.8, 4) is 0 Å². The molecule has 0 amide bonds. The molecule has 101 valence electrons. The van der Waals surface area contributed by atoms with Crippen LogP contribution < -0.4 is 0 Å². The second-order valence-corrected chi connectivity index (χ2v) is 5.19. The van der Waals surface area contributed by atoms with E-state index >= 15 is 0 Å². The summed E-state index contributed by atoms with van der Waals surface area (Å²) in [6.07, 6.45) is 4.45. The van der Waals surface area contributed by atoms with Crippen LogP contribution in [0.4, 0.5) is 0 Å². The molecule has 1 N–H and O–H groups in total. The molecule has 19 heavy (non-hydrogen) atoms. The summed E-state index contributed by atoms with van der Waals surface area (Å²) < 4.78 is 7.71. The van der Waals surface area contributed by atoms with Gasteiger partial charge < -0.3 is 9.84 Å². The maximum absolute atomic E-state index is 9.73. The molecule has 0 saturated carbocycles. The smallest absolute Gasteiger partial charge is 0.150 e. The van der Waals surface area contributed by atoms with Gasteiger partial charge in [0.2, 0.25) is 0 Å². The second kappa shape index (κ2) is 4.94. The molecule has 1 aromatic heterocycles. The van der Waals surface area contributed by atoms with E-state index in [0.717, 1.165) is 41.5 Å². The molecular formula is C15H19N2O2. The van der Waals surface area contributed by atoms with Crippen LogP contribution in [0.1, 0.15) is 42.7 Å². The summed E-state index contributed by atoms with van der Waals surface area (Å²) in [7, 11) is 0. The fraction of sp³-hybridized carbons (Fsp3) is 0.467. The summed E-state index contributed by atoms with van der Waals surface area (Å²) in [4.78, 5) is 0. The average molecular weight is 259 g/mol. The van der Waals surface area contributed by atoms with Crippen molar-refractivity contribution in [1.82, 2.24) is 9.78 Å². The first-order chi connectivity index (χ1) is 9.16. The lowest BCUT2D eigenvalue weighted by molar-refractivity contribution is -0.0366. The Bertz CT molecular complexity index is 583. The van der Waals surface area contributed by atoms with E-state index < -0.39 is 6.10 Å². The van der Waals surface area contributed by atoms with Crippen molar-refractivity contribution < 1.29 is 9.84 Å². The molecule has 4 heteroatoms. The molecule has 2 heterocycles. The minimum absolute atomic E-state index is 0.0174. The zero-order chi connectivity index (χ0) is 13.4. The molecule has 1 saturated heterocycles. The maximum atomic E-state index is 9.73. The summed E-state index contributed by atoms with van der Waals surface area (Å²) in [5, 5.41) is 15.3. The minimum atomic E-state index is -0.708. The zero-order valence-electron chi connectivity index (χ0n) is 11.2. The van der Waals surface area contributed by atoms with E-state index in [1.54, 1.807) is 0 Å². The number of aryl methyl sites for hydroxylation is 1. The Hall–Kier alpha value is -1.39. The summed E-state index contributed by atoms with van der Waals surface area (Å²) in [5.74, 6) is 0. The number of rotatable bonds is 2. The van der Waals surface area contributed by atoms with Crippen LogP contribution in [-0.4, -0.2) is 21.5 Å². The van der Waals surface area contributed by atoms with Gasteiger partial charge in [0, 0.05) is 12.0 Å². The first-order valence-electron chi connectivity index (χ1n) is 6.77. The number of aliphatic hydroxyl groups is 1. The Kier molecular flexibility index (Phi) is 3.29. The van der Waals surface area contributed by atoms with Gasteiger partial charge in [-0.05, 0) is 56.4 Å². The number of aromatic nitrogens is 2. The Labute approximate surface area is 113 Å². The Morgan fingerprint density at radius 3 is 3.00 bits per heavy atom. The minimum Gasteiger partial charge on any atom is -0.388 e. The number of ether oxygens (including phenoxy) is 1. The monoisotopic (exact) mass is 259 g/mol. The highest BCUT2D eigenvalue weighted by molar-refractivity contribution is 5.80. The van der Waals surface area contributed by atoms with Gasteiger partial charge in [-0.25, -0.2) is 4.68 Å². The lowest BCUT2D eigenvalue weighted by atomic mass is 10.0. The van der Waals surface area contributed by atoms with Crippen LogP contribution in [0, 0.1) is 13.8 Å². The van der Waals surface area contributed by atoms with Gasteiger partial charge >= 0.3 is 0 Å². The summed E-state index contributed by atoms with van der Waals surface area (Å²) >= 11 is 0. The number of nitrogens with zero attached hydrogens (tertiary/aromatic N) is 2. The third-order valence-electron chi connectivity index (χ3n) is 3.77. The van der Waals surface area contributed by atoms with Crippen molar-refractivity contribution in [1.29, 1.82) is 0 Å². The third kappa shape index (κ3) is 2.26. The van der Waals surface area contributed by atoms with Gasteiger partial charge in [0.15, 0.2) is 6.23 Å². The SMILES string of the molecule is [CH2]C(O)c1cc2c(cnn2C2CCCCO2)cc1C. The van der Waals surface area contributed by atoms with Crippen molar-refractivity contribution in [2.24, 2.45) is 0 Å². The van der Waals surface area contributed by atoms with Crippen molar-refractivity contribution in [3.05, 3.63) is 36.4 Å². The molecule has 0 bridgehead atoms. The quantitative estimate of drug-likeness (QED) is 0.902. The molecule has 3 rings (SSSR count). The van der Waals surface area contributed by atoms with Crippen molar-refractivity contribution in [2.45, 2.75) is 38.5 Å².